The monoisotopic (exact) mass is 172 g/mol. The zero-order valence-corrected chi connectivity index (χ0v) is 7.26. The van der Waals surface area contributed by atoms with Gasteiger partial charge in [0, 0.05) is 6.08 Å². The molecule has 2 nitrogen and oxygen atoms in total. The van der Waals surface area contributed by atoms with Gasteiger partial charge in [0.25, 0.3) is 0 Å². The molecule has 13 heavy (non-hydrogen) atoms. The predicted molar refractivity (Wildman–Crippen MR) is 49.8 cm³/mol. The summed E-state index contributed by atoms with van der Waals surface area (Å²) >= 11 is 0. The van der Waals surface area contributed by atoms with Crippen molar-refractivity contribution in [3.63, 3.8) is 0 Å². The van der Waals surface area contributed by atoms with Gasteiger partial charge in [-0.1, -0.05) is 18.4 Å². The molecule has 0 saturated carbocycles. The number of carbonyl (C=O) groups is 2. The minimum absolute atomic E-state index is 0.203. The Balaban J connectivity index is 2.94. The van der Waals surface area contributed by atoms with E-state index in [1.807, 2.05) is 0 Å². The number of allylic oxidation sites excluding steroid dienone is 5. The molecule has 0 unspecified atom stereocenters. The van der Waals surface area contributed by atoms with Gasteiger partial charge in [0.15, 0.2) is 11.6 Å². The van der Waals surface area contributed by atoms with Crippen LogP contribution in [0.5, 0.6) is 0 Å². The van der Waals surface area contributed by atoms with Crippen LogP contribution in [0.2, 0.25) is 0 Å². The van der Waals surface area contributed by atoms with Crippen LogP contribution < -0.4 is 0 Å². The quantitative estimate of drug-likeness (QED) is 0.406. The highest BCUT2D eigenvalue weighted by Crippen LogP contribution is 2.03. The van der Waals surface area contributed by atoms with Crippen molar-refractivity contribution in [3.8, 4) is 11.8 Å². The van der Waals surface area contributed by atoms with Gasteiger partial charge in [-0.05, 0) is 24.6 Å². The smallest absolute Gasteiger partial charge is 0.194 e. The Hall–Kier alpha value is -1.88. The number of carbonyl (C=O) groups excluding carboxylic acids is 2. The van der Waals surface area contributed by atoms with Crippen LogP contribution in [0.1, 0.15) is 6.92 Å². The lowest BCUT2D eigenvalue weighted by Crippen LogP contribution is -2.05. The third-order valence-electron chi connectivity index (χ3n) is 1.36. The molecule has 1 aliphatic rings. The molecule has 0 aromatic rings. The highest BCUT2D eigenvalue weighted by Gasteiger charge is 2.09. The van der Waals surface area contributed by atoms with Gasteiger partial charge in [0.2, 0.25) is 0 Å². The Labute approximate surface area is 76.6 Å². The fraction of sp³-hybridized carbons (Fsp3) is 0.0909. The maximum Gasteiger partial charge on any atom is 0.194 e. The van der Waals surface area contributed by atoms with Crippen molar-refractivity contribution in [1.29, 1.82) is 0 Å². The maximum absolute atomic E-state index is 11.1. The van der Waals surface area contributed by atoms with E-state index in [1.165, 1.54) is 18.2 Å². The first-order valence-corrected chi connectivity index (χ1v) is 3.75. The summed E-state index contributed by atoms with van der Waals surface area (Å²) < 4.78 is 0. The van der Waals surface area contributed by atoms with E-state index in [2.05, 4.69) is 18.4 Å². The molecule has 0 bridgehead atoms. The van der Waals surface area contributed by atoms with Gasteiger partial charge in [-0.25, -0.2) is 0 Å². The highest BCUT2D eigenvalue weighted by molar-refractivity contribution is 6.19. The van der Waals surface area contributed by atoms with E-state index in [1.54, 1.807) is 6.92 Å². The van der Waals surface area contributed by atoms with E-state index in [-0.39, 0.29) is 17.1 Å². The first-order valence-electron chi connectivity index (χ1n) is 3.75. The van der Waals surface area contributed by atoms with Gasteiger partial charge < -0.3 is 0 Å². The van der Waals surface area contributed by atoms with Crippen molar-refractivity contribution >= 4 is 11.6 Å². The van der Waals surface area contributed by atoms with Crippen molar-refractivity contribution in [2.45, 2.75) is 6.92 Å². The minimum Gasteiger partial charge on any atom is -0.290 e. The molecule has 0 N–H and O–H groups in total. The van der Waals surface area contributed by atoms with E-state index >= 15 is 0 Å². The zero-order chi connectivity index (χ0) is 9.84. The SMILES string of the molecule is C=C(C)C#CC1=CC(=O)C=CC1=O. The van der Waals surface area contributed by atoms with Crippen LogP contribution in [-0.2, 0) is 9.59 Å². The molecule has 64 valence electrons. The van der Waals surface area contributed by atoms with E-state index < -0.39 is 0 Å². The van der Waals surface area contributed by atoms with Crippen molar-refractivity contribution < 1.29 is 9.59 Å². The summed E-state index contributed by atoms with van der Waals surface area (Å²) in [5, 5.41) is 0. The lowest BCUT2D eigenvalue weighted by Gasteiger charge is -1.97. The van der Waals surface area contributed by atoms with E-state index in [9.17, 15) is 9.59 Å². The van der Waals surface area contributed by atoms with Crippen LogP contribution in [0, 0.1) is 11.8 Å². The van der Waals surface area contributed by atoms with Crippen LogP contribution in [-0.4, -0.2) is 11.6 Å². The second-order valence-electron chi connectivity index (χ2n) is 2.69. The summed E-state index contributed by atoms with van der Waals surface area (Å²) in [6, 6.07) is 0. The summed E-state index contributed by atoms with van der Waals surface area (Å²) in [7, 11) is 0. The fourth-order valence-corrected chi connectivity index (χ4v) is 0.781. The molecule has 0 aliphatic heterocycles. The van der Waals surface area contributed by atoms with Crippen LogP contribution in [0.4, 0.5) is 0 Å². The van der Waals surface area contributed by atoms with Crippen molar-refractivity contribution in [1.82, 2.24) is 0 Å². The zero-order valence-electron chi connectivity index (χ0n) is 7.26. The highest BCUT2D eigenvalue weighted by atomic mass is 16.1. The van der Waals surface area contributed by atoms with Crippen molar-refractivity contribution in [2.75, 3.05) is 0 Å². The Bertz CT molecular complexity index is 398. The van der Waals surface area contributed by atoms with Gasteiger partial charge in [0.05, 0.1) is 5.57 Å². The van der Waals surface area contributed by atoms with Gasteiger partial charge in [-0.3, -0.25) is 9.59 Å². The number of hydrogen-bond donors (Lipinski definition) is 0. The summed E-state index contributed by atoms with van der Waals surface area (Å²) in [5.41, 5.74) is 0.895. The molecular formula is C11H8O2. The van der Waals surface area contributed by atoms with Crippen LogP contribution >= 0.6 is 0 Å². The molecule has 0 saturated heterocycles. The second kappa shape index (κ2) is 3.68. The Kier molecular flexibility index (Phi) is 2.61. The molecule has 0 heterocycles. The first kappa shape index (κ1) is 9.21. The van der Waals surface area contributed by atoms with E-state index in [4.69, 9.17) is 0 Å². The normalized spacial score (nSPS) is 14.7. The molecule has 0 spiro atoms. The molecule has 1 aliphatic carbocycles. The van der Waals surface area contributed by atoms with E-state index in [0.29, 0.717) is 5.57 Å². The lowest BCUT2D eigenvalue weighted by molar-refractivity contribution is -0.114. The average molecular weight is 172 g/mol. The van der Waals surface area contributed by atoms with Crippen LogP contribution in [0.25, 0.3) is 0 Å². The summed E-state index contributed by atoms with van der Waals surface area (Å²) in [5.74, 6) is 4.81. The maximum atomic E-state index is 11.1. The number of rotatable bonds is 0. The second-order valence-corrected chi connectivity index (χ2v) is 2.69. The predicted octanol–water partition coefficient (Wildman–Crippen LogP) is 1.20. The molecule has 0 radical (unpaired) electrons. The number of hydrogen-bond acceptors (Lipinski definition) is 2. The molecule has 0 atom stereocenters. The fourth-order valence-electron chi connectivity index (χ4n) is 0.781. The summed E-state index contributed by atoms with van der Waals surface area (Å²) in [4.78, 5) is 22.0. The number of ketones is 2. The van der Waals surface area contributed by atoms with Crippen molar-refractivity contribution in [3.05, 3.63) is 36.0 Å². The van der Waals surface area contributed by atoms with Crippen molar-refractivity contribution in [2.24, 2.45) is 0 Å². The Morgan fingerprint density at radius 2 is 2.08 bits per heavy atom. The molecule has 0 aromatic carbocycles. The van der Waals surface area contributed by atoms with Gasteiger partial charge in [-0.15, -0.1) is 0 Å². The molecule has 2 heteroatoms. The molecule has 0 aromatic heterocycles. The van der Waals surface area contributed by atoms with Gasteiger partial charge in [0.1, 0.15) is 0 Å². The largest absolute Gasteiger partial charge is 0.290 e. The lowest BCUT2D eigenvalue weighted by atomic mass is 10.0. The molecule has 0 fully saturated rings. The van der Waals surface area contributed by atoms with Crippen LogP contribution in [0.3, 0.4) is 0 Å². The van der Waals surface area contributed by atoms with Gasteiger partial charge in [-0.2, -0.15) is 0 Å². The molecular weight excluding hydrogens is 164 g/mol. The van der Waals surface area contributed by atoms with E-state index in [0.717, 1.165) is 0 Å². The minimum atomic E-state index is -0.228. The Morgan fingerprint density at radius 3 is 2.69 bits per heavy atom. The molecule has 1 rings (SSSR count). The molecule has 0 amide bonds. The Morgan fingerprint density at radius 1 is 1.38 bits per heavy atom. The van der Waals surface area contributed by atoms with Crippen LogP contribution in [0.15, 0.2) is 36.0 Å². The average Bonchev–Trinajstić information content (AvgIpc) is 2.06. The summed E-state index contributed by atoms with van der Waals surface area (Å²) in [6.45, 7) is 5.30. The third-order valence-corrected chi connectivity index (χ3v) is 1.36. The first-order chi connectivity index (χ1) is 6.09. The standard InChI is InChI=1S/C11H8O2/c1-8(2)3-4-9-7-10(12)5-6-11(9)13/h5-7H,1H2,2H3. The third kappa shape index (κ3) is 2.57. The topological polar surface area (TPSA) is 34.1 Å². The summed E-state index contributed by atoms with van der Waals surface area (Å²) in [6.07, 6.45) is 3.69. The van der Waals surface area contributed by atoms with Gasteiger partial charge >= 0.3 is 0 Å².